The van der Waals surface area contributed by atoms with E-state index < -0.39 is 5.97 Å². The average Bonchev–Trinajstić information content (AvgIpc) is 2.16. The van der Waals surface area contributed by atoms with Crippen molar-refractivity contribution >= 4 is 5.97 Å². The zero-order valence-corrected chi connectivity index (χ0v) is 8.90. The Balaban J connectivity index is 2.49. The van der Waals surface area contributed by atoms with E-state index in [1.807, 2.05) is 6.92 Å². The van der Waals surface area contributed by atoms with Crippen LogP contribution in [0.4, 0.5) is 0 Å². The van der Waals surface area contributed by atoms with Crippen molar-refractivity contribution in [2.75, 3.05) is 19.8 Å². The molecule has 1 N–H and O–H groups in total. The normalized spacial score (nSPS) is 26.0. The molecule has 1 saturated heterocycles. The second-order valence-corrected chi connectivity index (χ2v) is 3.82. The van der Waals surface area contributed by atoms with Crippen molar-refractivity contribution < 1.29 is 14.6 Å². The molecule has 1 aliphatic rings. The molecule has 0 radical (unpaired) electrons. The van der Waals surface area contributed by atoms with Gasteiger partial charge in [0.2, 0.25) is 0 Å². The van der Waals surface area contributed by atoms with Gasteiger partial charge in [0.05, 0.1) is 19.6 Å². The third-order valence-corrected chi connectivity index (χ3v) is 2.78. The molecule has 0 aromatic rings. The van der Waals surface area contributed by atoms with Crippen molar-refractivity contribution in [1.82, 2.24) is 4.90 Å². The van der Waals surface area contributed by atoms with Gasteiger partial charge in [-0.2, -0.15) is 0 Å². The summed E-state index contributed by atoms with van der Waals surface area (Å²) >= 11 is 0. The molecule has 0 spiro atoms. The fourth-order valence-corrected chi connectivity index (χ4v) is 1.97. The van der Waals surface area contributed by atoms with Crippen molar-refractivity contribution in [3.8, 4) is 0 Å². The molecule has 4 heteroatoms. The van der Waals surface area contributed by atoms with Gasteiger partial charge in [-0.25, -0.2) is 0 Å². The van der Waals surface area contributed by atoms with Crippen LogP contribution in [0, 0.1) is 0 Å². The third kappa shape index (κ3) is 2.96. The van der Waals surface area contributed by atoms with E-state index in [0.29, 0.717) is 6.04 Å². The van der Waals surface area contributed by atoms with Crippen LogP contribution >= 0.6 is 0 Å². The molecule has 0 bridgehead atoms. The molecule has 0 aromatic carbocycles. The summed E-state index contributed by atoms with van der Waals surface area (Å²) in [5, 5.41) is 8.72. The summed E-state index contributed by atoms with van der Waals surface area (Å²) in [5.41, 5.74) is 0. The molecule has 2 atom stereocenters. The Kier molecular flexibility index (Phi) is 4.35. The third-order valence-electron chi connectivity index (χ3n) is 2.78. The minimum Gasteiger partial charge on any atom is -0.481 e. The number of morpholine rings is 1. The molecule has 14 heavy (non-hydrogen) atoms. The van der Waals surface area contributed by atoms with Gasteiger partial charge in [-0.3, -0.25) is 9.69 Å². The zero-order valence-electron chi connectivity index (χ0n) is 8.90. The van der Waals surface area contributed by atoms with Gasteiger partial charge in [-0.1, -0.05) is 6.92 Å². The van der Waals surface area contributed by atoms with E-state index in [-0.39, 0.29) is 12.5 Å². The fraction of sp³-hybridized carbons (Fsp3) is 0.900. The Morgan fingerprint density at radius 2 is 2.43 bits per heavy atom. The largest absolute Gasteiger partial charge is 0.481 e. The first-order chi connectivity index (χ1) is 6.65. The number of hydrogen-bond donors (Lipinski definition) is 1. The predicted molar refractivity (Wildman–Crippen MR) is 53.3 cm³/mol. The van der Waals surface area contributed by atoms with Gasteiger partial charge >= 0.3 is 5.97 Å². The quantitative estimate of drug-likeness (QED) is 0.736. The van der Waals surface area contributed by atoms with Crippen LogP contribution in [0.15, 0.2) is 0 Å². The number of hydrogen-bond acceptors (Lipinski definition) is 3. The van der Waals surface area contributed by atoms with Crippen LogP contribution in [0.1, 0.15) is 26.7 Å². The number of carbonyl (C=O) groups is 1. The number of carboxylic acid groups (broad SMARTS) is 1. The summed E-state index contributed by atoms with van der Waals surface area (Å²) < 4.78 is 5.37. The average molecular weight is 201 g/mol. The van der Waals surface area contributed by atoms with Crippen molar-refractivity contribution in [3.05, 3.63) is 0 Å². The molecule has 0 amide bonds. The van der Waals surface area contributed by atoms with Crippen LogP contribution in [-0.4, -0.2) is 47.8 Å². The molecule has 0 aliphatic carbocycles. The second-order valence-electron chi connectivity index (χ2n) is 3.82. The molecule has 82 valence electrons. The first-order valence-corrected chi connectivity index (χ1v) is 5.20. The number of aliphatic carboxylic acids is 1. The summed E-state index contributed by atoms with van der Waals surface area (Å²) in [6.07, 6.45) is 1.24. The second kappa shape index (κ2) is 5.32. The van der Waals surface area contributed by atoms with Gasteiger partial charge in [0, 0.05) is 18.6 Å². The maximum atomic E-state index is 10.6. The fourth-order valence-electron chi connectivity index (χ4n) is 1.97. The van der Waals surface area contributed by atoms with E-state index in [0.717, 1.165) is 26.2 Å². The molecular formula is C10H19NO3. The van der Waals surface area contributed by atoms with E-state index >= 15 is 0 Å². The van der Waals surface area contributed by atoms with E-state index in [2.05, 4.69) is 11.8 Å². The lowest BCUT2D eigenvalue weighted by Gasteiger charge is -2.38. The Bertz CT molecular complexity index is 196. The Hall–Kier alpha value is -0.610. The number of nitrogens with zero attached hydrogens (tertiary/aromatic N) is 1. The smallest absolute Gasteiger partial charge is 0.304 e. The summed E-state index contributed by atoms with van der Waals surface area (Å²) in [6, 6.07) is 0.499. The van der Waals surface area contributed by atoms with Gasteiger partial charge < -0.3 is 9.84 Å². The molecule has 1 fully saturated rings. The van der Waals surface area contributed by atoms with Crippen LogP contribution in [0.2, 0.25) is 0 Å². The van der Waals surface area contributed by atoms with Crippen LogP contribution in [-0.2, 0) is 9.53 Å². The standard InChI is InChI=1S/C10H19NO3/c1-3-9-7-14-5-4-11(9)8(2)6-10(12)13/h8-9H,3-7H2,1-2H3,(H,12,13). The van der Waals surface area contributed by atoms with Gasteiger partial charge in [0.15, 0.2) is 0 Å². The maximum absolute atomic E-state index is 10.6. The summed E-state index contributed by atoms with van der Waals surface area (Å²) in [6.45, 7) is 6.40. The molecule has 1 rings (SSSR count). The Morgan fingerprint density at radius 3 is 3.00 bits per heavy atom. The van der Waals surface area contributed by atoms with Crippen molar-refractivity contribution in [2.24, 2.45) is 0 Å². The SMILES string of the molecule is CCC1COCCN1C(C)CC(=O)O. The molecule has 4 nitrogen and oxygen atoms in total. The number of rotatable bonds is 4. The Labute approximate surface area is 84.8 Å². The predicted octanol–water partition coefficient (Wildman–Crippen LogP) is 0.960. The summed E-state index contributed by atoms with van der Waals surface area (Å²) in [7, 11) is 0. The van der Waals surface area contributed by atoms with Gasteiger partial charge in [0.1, 0.15) is 0 Å². The lowest BCUT2D eigenvalue weighted by Crippen LogP contribution is -2.50. The van der Waals surface area contributed by atoms with E-state index in [1.165, 1.54) is 0 Å². The summed E-state index contributed by atoms with van der Waals surface area (Å²) in [4.78, 5) is 12.8. The number of carboxylic acids is 1. The van der Waals surface area contributed by atoms with E-state index in [4.69, 9.17) is 9.84 Å². The Morgan fingerprint density at radius 1 is 1.71 bits per heavy atom. The van der Waals surface area contributed by atoms with E-state index in [9.17, 15) is 4.79 Å². The van der Waals surface area contributed by atoms with Crippen LogP contribution in [0.3, 0.4) is 0 Å². The maximum Gasteiger partial charge on any atom is 0.304 e. The van der Waals surface area contributed by atoms with E-state index in [1.54, 1.807) is 0 Å². The molecule has 0 saturated carbocycles. The van der Waals surface area contributed by atoms with Crippen LogP contribution in [0.5, 0.6) is 0 Å². The molecular weight excluding hydrogens is 182 g/mol. The van der Waals surface area contributed by atoms with Crippen molar-refractivity contribution in [2.45, 2.75) is 38.8 Å². The first kappa shape index (κ1) is 11.5. The zero-order chi connectivity index (χ0) is 10.6. The first-order valence-electron chi connectivity index (χ1n) is 5.20. The van der Waals surface area contributed by atoms with Crippen LogP contribution in [0.25, 0.3) is 0 Å². The monoisotopic (exact) mass is 201 g/mol. The minimum atomic E-state index is -0.723. The summed E-state index contributed by atoms with van der Waals surface area (Å²) in [5.74, 6) is -0.723. The lowest BCUT2D eigenvalue weighted by atomic mass is 10.1. The number of ether oxygens (including phenoxy) is 1. The lowest BCUT2D eigenvalue weighted by molar-refractivity contribution is -0.139. The highest BCUT2D eigenvalue weighted by atomic mass is 16.5. The minimum absolute atomic E-state index is 0.112. The molecule has 1 aliphatic heterocycles. The highest BCUT2D eigenvalue weighted by Gasteiger charge is 2.26. The highest BCUT2D eigenvalue weighted by molar-refractivity contribution is 5.67. The van der Waals surface area contributed by atoms with Gasteiger partial charge in [-0.15, -0.1) is 0 Å². The van der Waals surface area contributed by atoms with Crippen LogP contribution < -0.4 is 0 Å². The van der Waals surface area contributed by atoms with Crippen molar-refractivity contribution in [1.29, 1.82) is 0 Å². The van der Waals surface area contributed by atoms with Gasteiger partial charge in [0.25, 0.3) is 0 Å². The highest BCUT2D eigenvalue weighted by Crippen LogP contribution is 2.15. The molecule has 0 aromatic heterocycles. The topological polar surface area (TPSA) is 49.8 Å². The van der Waals surface area contributed by atoms with Crippen molar-refractivity contribution in [3.63, 3.8) is 0 Å². The van der Waals surface area contributed by atoms with Gasteiger partial charge in [-0.05, 0) is 13.3 Å². The molecule has 1 heterocycles. The molecule has 2 unspecified atom stereocenters.